The van der Waals surface area contributed by atoms with Gasteiger partial charge in [0.25, 0.3) is 0 Å². The van der Waals surface area contributed by atoms with Crippen molar-refractivity contribution in [2.24, 2.45) is 11.3 Å². The van der Waals surface area contributed by atoms with Crippen LogP contribution >= 0.6 is 0 Å². The Labute approximate surface area is 72.4 Å². The van der Waals surface area contributed by atoms with Gasteiger partial charge in [-0.25, -0.2) is 0 Å². The third-order valence-electron chi connectivity index (χ3n) is 3.18. The highest BCUT2D eigenvalue weighted by molar-refractivity contribution is 5.76. The maximum atomic E-state index is 10.9. The van der Waals surface area contributed by atoms with Crippen molar-refractivity contribution in [1.82, 2.24) is 0 Å². The van der Waals surface area contributed by atoms with Gasteiger partial charge in [-0.1, -0.05) is 20.3 Å². The zero-order valence-corrected chi connectivity index (χ0v) is 7.58. The number of hydrogen-bond donors (Lipinski definition) is 2. The average Bonchev–Trinajstić information content (AvgIpc) is 1.96. The molecule has 1 aliphatic rings. The van der Waals surface area contributed by atoms with Crippen LogP contribution in [-0.4, -0.2) is 22.3 Å². The minimum Gasteiger partial charge on any atom is -0.481 e. The molecule has 1 atom stereocenters. The number of hydrogen-bond acceptors (Lipinski definition) is 2. The molecular formula is C9H16O3. The monoisotopic (exact) mass is 172 g/mol. The Morgan fingerprint density at radius 3 is 2.42 bits per heavy atom. The molecule has 0 radical (unpaired) electrons. The summed E-state index contributed by atoms with van der Waals surface area (Å²) in [6, 6.07) is 0. The summed E-state index contributed by atoms with van der Waals surface area (Å²) in [7, 11) is 0. The molecule has 0 spiro atoms. The summed E-state index contributed by atoms with van der Waals surface area (Å²) in [6.45, 7) is 3.93. The van der Waals surface area contributed by atoms with Crippen molar-refractivity contribution in [3.63, 3.8) is 0 Å². The van der Waals surface area contributed by atoms with Gasteiger partial charge >= 0.3 is 5.97 Å². The van der Waals surface area contributed by atoms with Crippen LogP contribution in [0.25, 0.3) is 0 Å². The molecule has 1 unspecified atom stereocenters. The van der Waals surface area contributed by atoms with Crippen molar-refractivity contribution in [3.05, 3.63) is 0 Å². The lowest BCUT2D eigenvalue weighted by atomic mass is 9.59. The molecule has 1 rings (SSSR count). The van der Waals surface area contributed by atoms with Gasteiger partial charge in [0.2, 0.25) is 0 Å². The van der Waals surface area contributed by atoms with Crippen LogP contribution in [0.1, 0.15) is 33.1 Å². The number of carboxylic acid groups (broad SMARTS) is 1. The lowest BCUT2D eigenvalue weighted by Gasteiger charge is -2.45. The van der Waals surface area contributed by atoms with Crippen molar-refractivity contribution >= 4 is 5.97 Å². The Hall–Kier alpha value is -0.570. The van der Waals surface area contributed by atoms with Crippen LogP contribution in [0.3, 0.4) is 0 Å². The van der Waals surface area contributed by atoms with Gasteiger partial charge in [-0.15, -0.1) is 0 Å². The highest BCUT2D eigenvalue weighted by Gasteiger charge is 2.52. The predicted octanol–water partition coefficient (Wildman–Crippen LogP) is 1.26. The molecule has 0 aromatic carbocycles. The number of aliphatic carboxylic acids is 1. The summed E-state index contributed by atoms with van der Waals surface area (Å²) in [5.41, 5.74) is -0.631. The van der Waals surface area contributed by atoms with Crippen molar-refractivity contribution in [1.29, 1.82) is 0 Å². The first kappa shape index (κ1) is 9.52. The van der Waals surface area contributed by atoms with E-state index in [0.717, 1.165) is 6.42 Å². The number of rotatable bonds is 3. The summed E-state index contributed by atoms with van der Waals surface area (Å²) >= 11 is 0. The lowest BCUT2D eigenvalue weighted by Crippen LogP contribution is -2.50. The van der Waals surface area contributed by atoms with E-state index >= 15 is 0 Å². The summed E-state index contributed by atoms with van der Waals surface area (Å²) in [5, 5.41) is 18.1. The molecule has 0 aliphatic heterocycles. The molecule has 12 heavy (non-hydrogen) atoms. The van der Waals surface area contributed by atoms with Gasteiger partial charge in [0, 0.05) is 0 Å². The Balaban J connectivity index is 2.69. The lowest BCUT2D eigenvalue weighted by molar-refractivity contribution is -0.170. The zero-order chi connectivity index (χ0) is 9.35. The molecule has 2 N–H and O–H groups in total. The molecule has 0 bridgehead atoms. The first-order valence-electron chi connectivity index (χ1n) is 4.44. The predicted molar refractivity (Wildman–Crippen MR) is 44.8 cm³/mol. The van der Waals surface area contributed by atoms with E-state index in [9.17, 15) is 4.79 Å². The summed E-state index contributed by atoms with van der Waals surface area (Å²) in [4.78, 5) is 10.9. The molecule has 0 saturated heterocycles. The third kappa shape index (κ3) is 1.22. The average molecular weight is 172 g/mol. The maximum absolute atomic E-state index is 10.9. The highest BCUT2D eigenvalue weighted by atomic mass is 16.4. The van der Waals surface area contributed by atoms with Crippen LogP contribution in [0.2, 0.25) is 0 Å². The van der Waals surface area contributed by atoms with E-state index in [2.05, 4.69) is 0 Å². The summed E-state index contributed by atoms with van der Waals surface area (Å²) in [6.07, 6.45) is 1.32. The van der Waals surface area contributed by atoms with E-state index in [1.807, 2.05) is 13.8 Å². The molecule has 3 nitrogen and oxygen atoms in total. The highest BCUT2D eigenvalue weighted by Crippen LogP contribution is 2.48. The van der Waals surface area contributed by atoms with Gasteiger partial charge in [-0.3, -0.25) is 4.79 Å². The second-order valence-electron chi connectivity index (χ2n) is 3.83. The van der Waals surface area contributed by atoms with E-state index < -0.39 is 17.5 Å². The molecule has 0 heterocycles. The first-order valence-corrected chi connectivity index (χ1v) is 4.44. The molecule has 1 aliphatic carbocycles. The topological polar surface area (TPSA) is 57.5 Å². The normalized spacial score (nSPS) is 37.1. The second-order valence-corrected chi connectivity index (χ2v) is 3.83. The molecular weight excluding hydrogens is 156 g/mol. The smallest absolute Gasteiger partial charge is 0.310 e. The number of carbonyl (C=O) groups is 1. The number of aliphatic hydroxyl groups is 1. The Bertz CT molecular complexity index is 182. The van der Waals surface area contributed by atoms with E-state index in [4.69, 9.17) is 10.2 Å². The largest absolute Gasteiger partial charge is 0.481 e. The van der Waals surface area contributed by atoms with Crippen LogP contribution in [0, 0.1) is 11.3 Å². The van der Waals surface area contributed by atoms with Gasteiger partial charge in [0.1, 0.15) is 0 Å². The summed E-state index contributed by atoms with van der Waals surface area (Å²) in [5.74, 6) is -0.583. The van der Waals surface area contributed by atoms with E-state index in [1.54, 1.807) is 0 Å². The second kappa shape index (κ2) is 3.05. The third-order valence-corrected chi connectivity index (χ3v) is 3.18. The van der Waals surface area contributed by atoms with Gasteiger partial charge in [0.05, 0.1) is 11.5 Å². The van der Waals surface area contributed by atoms with E-state index in [0.29, 0.717) is 12.8 Å². The molecule has 0 aromatic heterocycles. The quantitative estimate of drug-likeness (QED) is 0.673. The van der Waals surface area contributed by atoms with E-state index in [1.165, 1.54) is 0 Å². The fourth-order valence-electron chi connectivity index (χ4n) is 1.96. The van der Waals surface area contributed by atoms with Crippen LogP contribution < -0.4 is 0 Å². The summed E-state index contributed by atoms with van der Waals surface area (Å²) < 4.78 is 0. The molecule has 0 aromatic rings. The number of carboxylic acids is 1. The molecule has 1 saturated carbocycles. The van der Waals surface area contributed by atoms with Crippen molar-refractivity contribution in [2.45, 2.75) is 39.2 Å². The minimum atomic E-state index is -0.748. The molecule has 70 valence electrons. The van der Waals surface area contributed by atoms with Gasteiger partial charge < -0.3 is 10.2 Å². The SMILES string of the molecule is CCC(C)C1(C(=O)O)CC(O)C1. The Morgan fingerprint density at radius 2 is 2.17 bits per heavy atom. The number of aliphatic hydroxyl groups excluding tert-OH is 1. The zero-order valence-electron chi connectivity index (χ0n) is 7.58. The Morgan fingerprint density at radius 1 is 1.67 bits per heavy atom. The minimum absolute atomic E-state index is 0.165. The van der Waals surface area contributed by atoms with Gasteiger partial charge in [-0.2, -0.15) is 0 Å². The molecule has 0 amide bonds. The first-order chi connectivity index (χ1) is 5.53. The molecule has 1 fully saturated rings. The fraction of sp³-hybridized carbons (Fsp3) is 0.889. The van der Waals surface area contributed by atoms with Crippen molar-refractivity contribution in [3.8, 4) is 0 Å². The van der Waals surface area contributed by atoms with Crippen LogP contribution in [0.4, 0.5) is 0 Å². The van der Waals surface area contributed by atoms with Gasteiger partial charge in [-0.05, 0) is 18.8 Å². The van der Waals surface area contributed by atoms with E-state index in [-0.39, 0.29) is 5.92 Å². The standard InChI is InChI=1S/C9H16O3/c1-3-6(2)9(8(11)12)4-7(10)5-9/h6-7,10H,3-5H2,1-2H3,(H,11,12). The Kier molecular flexibility index (Phi) is 2.42. The molecule has 3 heteroatoms. The van der Waals surface area contributed by atoms with Crippen molar-refractivity contribution < 1.29 is 15.0 Å². The van der Waals surface area contributed by atoms with Gasteiger partial charge in [0.15, 0.2) is 0 Å². The van der Waals surface area contributed by atoms with Crippen molar-refractivity contribution in [2.75, 3.05) is 0 Å². The maximum Gasteiger partial charge on any atom is 0.310 e. The fourth-order valence-corrected chi connectivity index (χ4v) is 1.96. The van der Waals surface area contributed by atoms with Crippen LogP contribution in [0.15, 0.2) is 0 Å². The van der Waals surface area contributed by atoms with Crippen LogP contribution in [-0.2, 0) is 4.79 Å². The van der Waals surface area contributed by atoms with Crippen LogP contribution in [0.5, 0.6) is 0 Å².